The average Bonchev–Trinajstić information content (AvgIpc) is 2.86. The Morgan fingerprint density at radius 3 is 2.64 bits per heavy atom. The third-order valence-electron chi connectivity index (χ3n) is 3.24. The summed E-state index contributed by atoms with van der Waals surface area (Å²) in [5, 5.41) is 4.92. The van der Waals surface area contributed by atoms with Crippen molar-refractivity contribution in [3.63, 3.8) is 0 Å². The van der Waals surface area contributed by atoms with Crippen LogP contribution in [0.15, 0.2) is 5.16 Å². The number of aromatic nitrogens is 4. The minimum absolute atomic E-state index is 0.00725. The summed E-state index contributed by atoms with van der Waals surface area (Å²) in [6.07, 6.45) is 0.909. The van der Waals surface area contributed by atoms with Crippen LogP contribution in [0, 0.1) is 13.8 Å². The minimum Gasteiger partial charge on any atom is -0.452 e. The number of carbonyl (C=O) groups is 2. The molecule has 0 fully saturated rings. The van der Waals surface area contributed by atoms with E-state index in [4.69, 9.17) is 10.5 Å². The second kappa shape index (κ2) is 6.30. The van der Waals surface area contributed by atoms with E-state index in [1.807, 2.05) is 13.2 Å². The molecule has 118 valence electrons. The van der Waals surface area contributed by atoms with Crippen LogP contribution in [0.3, 0.4) is 0 Å². The molecule has 2 N–H and O–H groups in total. The summed E-state index contributed by atoms with van der Waals surface area (Å²) in [4.78, 5) is 31.5. The summed E-state index contributed by atoms with van der Waals surface area (Å²) in [6, 6.07) is 0. The third-order valence-corrected chi connectivity index (χ3v) is 3.78. The van der Waals surface area contributed by atoms with Crippen LogP contribution in [0.2, 0.25) is 0 Å². The molecule has 2 rings (SSSR count). The number of ether oxygens (including phenoxy) is 1. The van der Waals surface area contributed by atoms with Crippen molar-refractivity contribution in [2.45, 2.75) is 38.5 Å². The van der Waals surface area contributed by atoms with Crippen molar-refractivity contribution < 1.29 is 14.3 Å². The highest BCUT2D eigenvalue weighted by molar-refractivity contribution is 7.98. The molecular weight excluding hydrogens is 306 g/mol. The van der Waals surface area contributed by atoms with Gasteiger partial charge in [0.15, 0.2) is 6.10 Å². The molecule has 0 spiro atoms. The minimum atomic E-state index is -0.959. The van der Waals surface area contributed by atoms with Crippen LogP contribution in [-0.2, 0) is 20.7 Å². The number of nitrogens with two attached hydrogens (primary N) is 1. The quantitative estimate of drug-likeness (QED) is 0.627. The first-order chi connectivity index (χ1) is 10.3. The number of carbonyl (C=O) groups excluding carboxylic acids is 2. The molecule has 9 heteroatoms. The number of hydrogen-bond acceptors (Lipinski definition) is 7. The molecule has 2 heterocycles. The molecule has 22 heavy (non-hydrogen) atoms. The molecule has 1 atom stereocenters. The highest BCUT2D eigenvalue weighted by Crippen LogP contribution is 2.17. The molecule has 0 aliphatic heterocycles. The monoisotopic (exact) mass is 323 g/mol. The highest BCUT2D eigenvalue weighted by Gasteiger charge is 2.19. The van der Waals surface area contributed by atoms with Crippen LogP contribution in [0.25, 0.3) is 5.78 Å². The maximum atomic E-state index is 11.9. The summed E-state index contributed by atoms with van der Waals surface area (Å²) in [5.74, 6) is -0.734. The van der Waals surface area contributed by atoms with Gasteiger partial charge in [0.1, 0.15) is 0 Å². The summed E-state index contributed by atoms with van der Waals surface area (Å²) in [5.41, 5.74) is 7.22. The van der Waals surface area contributed by atoms with E-state index in [0.29, 0.717) is 22.2 Å². The zero-order chi connectivity index (χ0) is 16.4. The predicted octanol–water partition coefficient (Wildman–Crippen LogP) is 0.423. The summed E-state index contributed by atoms with van der Waals surface area (Å²) in [6.45, 7) is 5.06. The van der Waals surface area contributed by atoms with Gasteiger partial charge in [-0.05, 0) is 27.0 Å². The van der Waals surface area contributed by atoms with Gasteiger partial charge in [-0.1, -0.05) is 11.8 Å². The molecular formula is C13H17N5O3S. The van der Waals surface area contributed by atoms with Crippen molar-refractivity contribution in [1.82, 2.24) is 19.6 Å². The van der Waals surface area contributed by atoms with E-state index < -0.39 is 18.0 Å². The Morgan fingerprint density at radius 1 is 1.36 bits per heavy atom. The molecule has 8 nitrogen and oxygen atoms in total. The van der Waals surface area contributed by atoms with Crippen molar-refractivity contribution in [2.24, 2.45) is 5.73 Å². The van der Waals surface area contributed by atoms with Gasteiger partial charge in [0, 0.05) is 17.0 Å². The maximum Gasteiger partial charge on any atom is 0.311 e. The van der Waals surface area contributed by atoms with Gasteiger partial charge in [-0.2, -0.15) is 4.98 Å². The number of nitrogens with zero attached hydrogens (tertiary/aromatic N) is 4. The second-order valence-electron chi connectivity index (χ2n) is 4.78. The number of fused-ring (bicyclic) bond motifs is 1. The maximum absolute atomic E-state index is 11.9. The van der Waals surface area contributed by atoms with Crippen LogP contribution < -0.4 is 5.73 Å². The molecule has 1 amide bonds. The number of primary amides is 1. The first kappa shape index (κ1) is 16.2. The van der Waals surface area contributed by atoms with E-state index >= 15 is 0 Å². The predicted molar refractivity (Wildman–Crippen MR) is 80.5 cm³/mol. The first-order valence-corrected chi connectivity index (χ1v) is 7.81. The van der Waals surface area contributed by atoms with Crippen molar-refractivity contribution >= 4 is 29.4 Å². The molecule has 2 aromatic heterocycles. The number of aryl methyl sites for hydroxylation is 2. The number of amides is 1. The third kappa shape index (κ3) is 3.19. The highest BCUT2D eigenvalue weighted by atomic mass is 32.2. The number of esters is 1. The van der Waals surface area contributed by atoms with Crippen molar-refractivity contribution in [3.05, 3.63) is 17.0 Å². The number of thioether (sulfide) groups is 1. The number of hydrogen-bond donors (Lipinski definition) is 1. The second-order valence-corrected chi connectivity index (χ2v) is 5.56. The fraction of sp³-hybridized carbons (Fsp3) is 0.462. The van der Waals surface area contributed by atoms with Crippen molar-refractivity contribution in [2.75, 3.05) is 6.26 Å². The lowest BCUT2D eigenvalue weighted by Gasteiger charge is -2.12. The number of rotatable bonds is 5. The van der Waals surface area contributed by atoms with E-state index in [9.17, 15) is 9.59 Å². The van der Waals surface area contributed by atoms with Crippen LogP contribution in [0.5, 0.6) is 0 Å². The van der Waals surface area contributed by atoms with E-state index in [-0.39, 0.29) is 6.42 Å². The Morgan fingerprint density at radius 2 is 2.05 bits per heavy atom. The van der Waals surface area contributed by atoms with E-state index in [1.54, 1.807) is 11.4 Å². The van der Waals surface area contributed by atoms with E-state index in [2.05, 4.69) is 15.1 Å². The molecule has 0 aliphatic rings. The molecule has 2 aromatic rings. The standard InChI is InChI=1S/C13H17N5O3S/c1-6-9(5-10(19)21-8(3)11(14)20)7(2)18-12(15-6)16-13(17-18)22-4/h8H,5H2,1-4H3,(H2,14,20)/t8-/m0/s1. The summed E-state index contributed by atoms with van der Waals surface area (Å²) < 4.78 is 6.57. The van der Waals surface area contributed by atoms with Crippen LogP contribution in [0.1, 0.15) is 23.9 Å². The zero-order valence-electron chi connectivity index (χ0n) is 12.8. The Bertz CT molecular complexity index is 743. The van der Waals surface area contributed by atoms with Gasteiger partial charge in [-0.15, -0.1) is 5.10 Å². The van der Waals surface area contributed by atoms with Crippen LogP contribution >= 0.6 is 11.8 Å². The molecule has 0 saturated carbocycles. The topological polar surface area (TPSA) is 112 Å². The van der Waals surface area contributed by atoms with Gasteiger partial charge in [0.25, 0.3) is 11.7 Å². The summed E-state index contributed by atoms with van der Waals surface area (Å²) in [7, 11) is 0. The lowest BCUT2D eigenvalue weighted by molar-refractivity contribution is -0.153. The van der Waals surface area contributed by atoms with E-state index in [0.717, 1.165) is 5.69 Å². The largest absolute Gasteiger partial charge is 0.452 e. The average molecular weight is 323 g/mol. The fourth-order valence-electron chi connectivity index (χ4n) is 1.97. The first-order valence-electron chi connectivity index (χ1n) is 6.59. The molecule has 0 unspecified atom stereocenters. The molecule has 0 aliphatic carbocycles. The Kier molecular flexibility index (Phi) is 4.65. The van der Waals surface area contributed by atoms with Gasteiger partial charge in [-0.3, -0.25) is 9.59 Å². The fourth-order valence-corrected chi connectivity index (χ4v) is 2.31. The lowest BCUT2D eigenvalue weighted by Crippen LogP contribution is -2.31. The van der Waals surface area contributed by atoms with Crippen LogP contribution in [-0.4, -0.2) is 43.8 Å². The van der Waals surface area contributed by atoms with Gasteiger partial charge in [0.05, 0.1) is 6.42 Å². The van der Waals surface area contributed by atoms with Gasteiger partial charge < -0.3 is 10.5 Å². The van der Waals surface area contributed by atoms with E-state index in [1.165, 1.54) is 18.7 Å². The lowest BCUT2D eigenvalue weighted by atomic mass is 10.1. The molecule has 0 bridgehead atoms. The van der Waals surface area contributed by atoms with Gasteiger partial charge in [0.2, 0.25) is 5.16 Å². The smallest absolute Gasteiger partial charge is 0.311 e. The van der Waals surface area contributed by atoms with Gasteiger partial charge >= 0.3 is 5.97 Å². The SMILES string of the molecule is CSc1nc2nc(C)c(CC(=O)O[C@@H](C)C(N)=O)c(C)n2n1. The molecule has 0 radical (unpaired) electrons. The van der Waals surface area contributed by atoms with Crippen LogP contribution in [0.4, 0.5) is 0 Å². The molecule has 0 aromatic carbocycles. The van der Waals surface area contributed by atoms with Crippen molar-refractivity contribution in [1.29, 1.82) is 0 Å². The Balaban J connectivity index is 2.31. The Labute approximate surface area is 131 Å². The normalized spacial score (nSPS) is 12.4. The summed E-state index contributed by atoms with van der Waals surface area (Å²) >= 11 is 1.41. The van der Waals surface area contributed by atoms with Crippen molar-refractivity contribution in [3.8, 4) is 0 Å². The Hall–Kier alpha value is -2.16. The molecule has 0 saturated heterocycles. The zero-order valence-corrected chi connectivity index (χ0v) is 13.6. The van der Waals surface area contributed by atoms with Gasteiger partial charge in [-0.25, -0.2) is 9.50 Å².